The molecule has 12 heteroatoms. The van der Waals surface area contributed by atoms with Crippen molar-refractivity contribution in [1.82, 2.24) is 26.3 Å². The van der Waals surface area contributed by atoms with E-state index in [0.29, 0.717) is 51.7 Å². The molecule has 0 saturated carbocycles. The van der Waals surface area contributed by atoms with Crippen molar-refractivity contribution in [2.45, 2.75) is 69.7 Å². The number of aromatic nitrogens is 1. The van der Waals surface area contributed by atoms with Crippen LogP contribution in [0.2, 0.25) is 0 Å². The Morgan fingerprint density at radius 1 is 1.07 bits per heavy atom. The summed E-state index contributed by atoms with van der Waals surface area (Å²) in [5.74, 6) is -1.96. The predicted octanol–water partition coefficient (Wildman–Crippen LogP) is 0.765. The summed E-state index contributed by atoms with van der Waals surface area (Å²) in [5, 5.41) is 21.2. The molecule has 5 N–H and O–H groups in total. The summed E-state index contributed by atoms with van der Waals surface area (Å²) in [6.45, 7) is 2.68. The number of fused-ring (bicyclic) bond motifs is 2. The van der Waals surface area contributed by atoms with E-state index in [1.807, 2.05) is 30.3 Å². The molecule has 40 heavy (non-hydrogen) atoms. The van der Waals surface area contributed by atoms with E-state index in [1.165, 1.54) is 6.92 Å². The third-order valence-electron chi connectivity index (χ3n) is 7.15. The van der Waals surface area contributed by atoms with E-state index in [0.717, 1.165) is 11.8 Å². The van der Waals surface area contributed by atoms with Crippen molar-refractivity contribution in [3.63, 3.8) is 0 Å². The number of aliphatic hydroxyl groups is 1. The van der Waals surface area contributed by atoms with E-state index in [1.54, 1.807) is 0 Å². The molecule has 0 unspecified atom stereocenters. The van der Waals surface area contributed by atoms with E-state index in [9.17, 15) is 24.3 Å². The Balaban J connectivity index is 1.60. The number of nitrogens with zero attached hydrogens (tertiary/aromatic N) is 1. The highest BCUT2D eigenvalue weighted by Crippen LogP contribution is 2.20. The summed E-state index contributed by atoms with van der Waals surface area (Å²) in [7, 11) is 0. The van der Waals surface area contributed by atoms with Gasteiger partial charge in [0.25, 0.3) is 5.91 Å². The topological polar surface area (TPSA) is 172 Å². The molecule has 2 aromatic rings. The smallest absolute Gasteiger partial charge is 0.273 e. The van der Waals surface area contributed by atoms with Crippen LogP contribution in [0.4, 0.5) is 0 Å². The summed E-state index contributed by atoms with van der Waals surface area (Å²) in [4.78, 5) is 56.5. The molecule has 2 aliphatic rings. The quantitative estimate of drug-likeness (QED) is 0.360. The summed E-state index contributed by atoms with van der Waals surface area (Å²) in [6.07, 6.45) is 2.92. The van der Waals surface area contributed by atoms with Gasteiger partial charge in [0.2, 0.25) is 23.6 Å². The number of aliphatic hydroxyl groups excluding tert-OH is 1. The summed E-state index contributed by atoms with van der Waals surface area (Å²) < 4.78 is 11.0. The summed E-state index contributed by atoms with van der Waals surface area (Å²) in [6, 6.07) is 6.69. The Hall–Kier alpha value is -3.77. The molecule has 2 aliphatic heterocycles. The first-order chi connectivity index (χ1) is 19.3. The molecule has 0 radical (unpaired) electrons. The molecule has 12 nitrogen and oxygen atoms in total. The highest BCUT2D eigenvalue weighted by molar-refractivity contribution is 5.96. The van der Waals surface area contributed by atoms with Crippen molar-refractivity contribution in [3.05, 3.63) is 53.7 Å². The minimum absolute atomic E-state index is 0.0991. The van der Waals surface area contributed by atoms with Crippen LogP contribution >= 0.6 is 0 Å². The number of hydrogen-bond donors (Lipinski definition) is 5. The zero-order valence-electron chi connectivity index (χ0n) is 22.6. The van der Waals surface area contributed by atoms with Crippen LogP contribution in [0.1, 0.15) is 67.0 Å². The molecule has 2 bridgehead atoms. The number of oxazole rings is 1. The number of benzene rings is 1. The fraction of sp³-hybridized carbons (Fsp3) is 0.536. The van der Waals surface area contributed by atoms with Gasteiger partial charge in [-0.2, -0.15) is 0 Å². The van der Waals surface area contributed by atoms with Crippen molar-refractivity contribution in [1.29, 1.82) is 0 Å². The molecule has 216 valence electrons. The zero-order chi connectivity index (χ0) is 28.5. The van der Waals surface area contributed by atoms with Gasteiger partial charge in [0, 0.05) is 32.1 Å². The maximum absolute atomic E-state index is 13.6. The second kappa shape index (κ2) is 14.0. The van der Waals surface area contributed by atoms with Crippen molar-refractivity contribution in [2.75, 3.05) is 19.8 Å². The first kappa shape index (κ1) is 29.2. The van der Waals surface area contributed by atoms with Gasteiger partial charge in [-0.05, 0) is 44.6 Å². The molecular formula is C28H37N5O7. The average Bonchev–Trinajstić information content (AvgIpc) is 3.45. The normalized spacial score (nSPS) is 24.4. The van der Waals surface area contributed by atoms with Gasteiger partial charge in [-0.15, -0.1) is 0 Å². The molecule has 1 aromatic carbocycles. The maximum atomic E-state index is 13.6. The van der Waals surface area contributed by atoms with Gasteiger partial charge in [0.15, 0.2) is 5.69 Å². The lowest BCUT2D eigenvalue weighted by molar-refractivity contribution is -0.133. The molecular weight excluding hydrogens is 518 g/mol. The average molecular weight is 556 g/mol. The first-order valence-electron chi connectivity index (χ1n) is 13.8. The van der Waals surface area contributed by atoms with Gasteiger partial charge < -0.3 is 35.5 Å². The van der Waals surface area contributed by atoms with Gasteiger partial charge in [0.05, 0.1) is 6.10 Å². The summed E-state index contributed by atoms with van der Waals surface area (Å²) >= 11 is 0. The molecule has 1 aromatic heterocycles. The van der Waals surface area contributed by atoms with Crippen molar-refractivity contribution in [2.24, 2.45) is 5.92 Å². The molecule has 3 heterocycles. The maximum Gasteiger partial charge on any atom is 0.273 e. The number of carbonyl (C=O) groups is 4. The predicted molar refractivity (Wildman–Crippen MR) is 143 cm³/mol. The van der Waals surface area contributed by atoms with Gasteiger partial charge in [-0.3, -0.25) is 19.2 Å². The van der Waals surface area contributed by atoms with Crippen molar-refractivity contribution >= 4 is 23.6 Å². The van der Waals surface area contributed by atoms with Crippen LogP contribution in [0.15, 0.2) is 41.0 Å². The largest absolute Gasteiger partial charge is 0.446 e. The van der Waals surface area contributed by atoms with E-state index < -0.39 is 42.0 Å². The minimum atomic E-state index is -1.19. The Bertz CT molecular complexity index is 1160. The van der Waals surface area contributed by atoms with Crippen molar-refractivity contribution in [3.8, 4) is 0 Å². The number of carbonyl (C=O) groups excluding carboxylic acids is 4. The molecule has 1 saturated heterocycles. The van der Waals surface area contributed by atoms with Crippen LogP contribution in [0, 0.1) is 5.92 Å². The van der Waals surface area contributed by atoms with E-state index >= 15 is 0 Å². The van der Waals surface area contributed by atoms with Crippen molar-refractivity contribution < 1.29 is 33.4 Å². The van der Waals surface area contributed by atoms with E-state index in [-0.39, 0.29) is 30.0 Å². The zero-order valence-corrected chi connectivity index (χ0v) is 22.6. The highest BCUT2D eigenvalue weighted by atomic mass is 16.5. The monoisotopic (exact) mass is 555 g/mol. The van der Waals surface area contributed by atoms with Crippen LogP contribution in [0.25, 0.3) is 0 Å². The van der Waals surface area contributed by atoms with Crippen LogP contribution in [0.5, 0.6) is 0 Å². The Kier molecular flexibility index (Phi) is 10.3. The van der Waals surface area contributed by atoms with E-state index in [2.05, 4.69) is 26.3 Å². The number of rotatable bonds is 5. The van der Waals surface area contributed by atoms with Crippen LogP contribution in [-0.2, 0) is 25.5 Å². The number of amides is 4. The van der Waals surface area contributed by atoms with Gasteiger partial charge in [-0.1, -0.05) is 30.3 Å². The SMILES string of the molecule is C[C@@H](O)[C@@H]1NC(=O)c2coc(n2)[C@H](Cc2ccccc2)NC(=O)[C@@H](NC(=O)C2CCOCC2)CCCCNC1=O. The summed E-state index contributed by atoms with van der Waals surface area (Å²) in [5.41, 5.74) is 0.803. The third-order valence-corrected chi connectivity index (χ3v) is 7.15. The second-order valence-corrected chi connectivity index (χ2v) is 10.2. The molecule has 1 fully saturated rings. The van der Waals surface area contributed by atoms with E-state index in [4.69, 9.17) is 9.15 Å². The Morgan fingerprint density at radius 3 is 2.55 bits per heavy atom. The second-order valence-electron chi connectivity index (χ2n) is 10.2. The standard InChI is InChI=1S/C28H37N5O7/c1-17(34)23-27(38)29-12-6-5-9-20(30-24(35)19-10-13-39-14-11-19)25(36)31-21(15-18-7-3-2-4-8-18)28-32-22(16-40-28)26(37)33-23/h2-4,7-8,16-17,19-21,23,34H,5-6,9-15H2,1H3,(H,29,38)(H,30,35)(H,31,36)(H,33,37)/t17-,20+,21+,23+/m1/s1. The molecule has 4 rings (SSSR count). The number of hydrogen-bond acceptors (Lipinski definition) is 8. The molecule has 4 atom stereocenters. The van der Waals surface area contributed by atoms with Crippen LogP contribution in [0.3, 0.4) is 0 Å². The third kappa shape index (κ3) is 7.89. The van der Waals surface area contributed by atoms with Crippen LogP contribution < -0.4 is 21.3 Å². The van der Waals surface area contributed by atoms with Gasteiger partial charge in [-0.25, -0.2) is 4.98 Å². The minimum Gasteiger partial charge on any atom is -0.446 e. The molecule has 0 spiro atoms. The fourth-order valence-corrected chi connectivity index (χ4v) is 4.81. The number of nitrogens with one attached hydrogen (secondary N) is 4. The Morgan fingerprint density at radius 2 is 1.82 bits per heavy atom. The van der Waals surface area contributed by atoms with Crippen LogP contribution in [-0.4, -0.2) is 71.7 Å². The van der Waals surface area contributed by atoms with Gasteiger partial charge >= 0.3 is 0 Å². The Labute approximate surface area is 232 Å². The lowest BCUT2D eigenvalue weighted by Crippen LogP contribution is -2.52. The molecule has 4 amide bonds. The number of ether oxygens (including phenoxy) is 1. The lowest BCUT2D eigenvalue weighted by Gasteiger charge is -2.26. The molecule has 0 aliphatic carbocycles. The van der Waals surface area contributed by atoms with Gasteiger partial charge in [0.1, 0.15) is 24.4 Å². The fourth-order valence-electron chi connectivity index (χ4n) is 4.81. The lowest BCUT2D eigenvalue weighted by atomic mass is 9.98. The highest BCUT2D eigenvalue weighted by Gasteiger charge is 2.31. The first-order valence-corrected chi connectivity index (χ1v) is 13.8.